The fraction of sp³-hybridized carbons (Fsp3) is 0.667. The first kappa shape index (κ1) is 16.2. The van der Waals surface area contributed by atoms with Crippen molar-refractivity contribution in [3.8, 4) is 0 Å². The van der Waals surface area contributed by atoms with Crippen molar-refractivity contribution in [3.05, 3.63) is 21.9 Å². The molecule has 3 unspecified atom stereocenters. The summed E-state index contributed by atoms with van der Waals surface area (Å²) in [5, 5.41) is 5.42. The Bertz CT molecular complexity index is 609. The maximum absolute atomic E-state index is 12.6. The van der Waals surface area contributed by atoms with Crippen LogP contribution in [-0.4, -0.2) is 55.5 Å². The number of morpholine rings is 1. The van der Waals surface area contributed by atoms with Gasteiger partial charge in [-0.3, -0.25) is 14.7 Å². The fourth-order valence-electron chi connectivity index (χ4n) is 3.89. The van der Waals surface area contributed by atoms with E-state index in [1.807, 2.05) is 17.6 Å². The predicted octanol–water partition coefficient (Wildman–Crippen LogP) is 1.86. The lowest BCUT2D eigenvalue weighted by molar-refractivity contribution is -0.124. The Morgan fingerprint density at radius 3 is 2.96 bits per heavy atom. The van der Waals surface area contributed by atoms with Gasteiger partial charge in [0.15, 0.2) is 0 Å². The molecule has 5 nitrogen and oxygen atoms in total. The lowest BCUT2D eigenvalue weighted by atomic mass is 9.93. The molecule has 1 aromatic rings. The van der Waals surface area contributed by atoms with Gasteiger partial charge in [-0.05, 0) is 42.7 Å². The smallest absolute Gasteiger partial charge is 0.228 e. The summed E-state index contributed by atoms with van der Waals surface area (Å²) >= 11 is 1.81. The van der Waals surface area contributed by atoms with Crippen LogP contribution in [0.2, 0.25) is 0 Å². The lowest BCUT2D eigenvalue weighted by Gasteiger charge is -2.34. The highest BCUT2D eigenvalue weighted by Gasteiger charge is 2.29. The van der Waals surface area contributed by atoms with E-state index in [0.717, 1.165) is 58.4 Å². The van der Waals surface area contributed by atoms with E-state index >= 15 is 0 Å². The average molecular weight is 347 g/mol. The van der Waals surface area contributed by atoms with Crippen LogP contribution in [0.25, 0.3) is 0 Å². The van der Waals surface area contributed by atoms with E-state index in [2.05, 4.69) is 26.7 Å². The van der Waals surface area contributed by atoms with Gasteiger partial charge in [0.1, 0.15) is 6.17 Å². The third kappa shape index (κ3) is 3.55. The highest BCUT2D eigenvalue weighted by atomic mass is 32.1. The first-order valence-electron chi connectivity index (χ1n) is 9.00. The topological polar surface area (TPSA) is 53.9 Å². The largest absolute Gasteiger partial charge is 0.379 e. The molecular weight excluding hydrogens is 322 g/mol. The van der Waals surface area contributed by atoms with E-state index in [9.17, 15) is 4.79 Å². The van der Waals surface area contributed by atoms with E-state index in [1.165, 1.54) is 10.4 Å². The van der Waals surface area contributed by atoms with Gasteiger partial charge in [0.05, 0.1) is 19.1 Å². The van der Waals surface area contributed by atoms with Crippen LogP contribution in [0.1, 0.15) is 29.7 Å². The molecule has 0 aromatic carbocycles. The van der Waals surface area contributed by atoms with Gasteiger partial charge < -0.3 is 10.1 Å². The quantitative estimate of drug-likeness (QED) is 0.908. The Morgan fingerprint density at radius 2 is 2.17 bits per heavy atom. The molecule has 0 saturated carbocycles. The molecule has 24 heavy (non-hydrogen) atoms. The Labute approximate surface area is 147 Å². The van der Waals surface area contributed by atoms with Crippen molar-refractivity contribution >= 4 is 23.5 Å². The zero-order valence-corrected chi connectivity index (χ0v) is 14.8. The second kappa shape index (κ2) is 7.33. The molecule has 1 saturated heterocycles. The summed E-state index contributed by atoms with van der Waals surface area (Å²) in [5.74, 6) is 0.0937. The molecule has 3 heterocycles. The normalized spacial score (nSPS) is 30.8. The molecule has 1 aliphatic carbocycles. The summed E-state index contributed by atoms with van der Waals surface area (Å²) in [6, 6.07) is 2.51. The molecule has 1 N–H and O–H groups in total. The van der Waals surface area contributed by atoms with Crippen LogP contribution < -0.4 is 5.32 Å². The van der Waals surface area contributed by atoms with E-state index < -0.39 is 0 Å². The molecule has 2 aliphatic heterocycles. The number of aryl methyl sites for hydroxylation is 1. The van der Waals surface area contributed by atoms with Crippen molar-refractivity contribution in [2.45, 2.75) is 44.3 Å². The SMILES string of the molecule is O=C(NC1CCc2ccsc2C1)C1C=NC(N2CCOCC2)CC1. The third-order valence-corrected chi connectivity index (χ3v) is 6.34. The Kier molecular flexibility index (Phi) is 4.96. The number of rotatable bonds is 3. The van der Waals surface area contributed by atoms with Crippen LogP contribution in [0.4, 0.5) is 0 Å². The first-order valence-corrected chi connectivity index (χ1v) is 9.88. The van der Waals surface area contributed by atoms with Crippen LogP contribution in [0.5, 0.6) is 0 Å². The van der Waals surface area contributed by atoms with Gasteiger partial charge in [0.2, 0.25) is 5.91 Å². The van der Waals surface area contributed by atoms with Gasteiger partial charge in [-0.25, -0.2) is 0 Å². The summed E-state index contributed by atoms with van der Waals surface area (Å²) in [7, 11) is 0. The minimum absolute atomic E-state index is 0.0629. The summed E-state index contributed by atoms with van der Waals surface area (Å²) in [5.41, 5.74) is 1.47. The van der Waals surface area contributed by atoms with E-state index in [1.54, 1.807) is 0 Å². The molecule has 6 heteroatoms. The number of hydrogen-bond acceptors (Lipinski definition) is 5. The number of thiophene rings is 1. The highest BCUT2D eigenvalue weighted by Crippen LogP contribution is 2.27. The van der Waals surface area contributed by atoms with Crippen LogP contribution in [0.3, 0.4) is 0 Å². The zero-order valence-electron chi connectivity index (χ0n) is 13.9. The van der Waals surface area contributed by atoms with Crippen molar-refractivity contribution in [2.75, 3.05) is 26.3 Å². The van der Waals surface area contributed by atoms with E-state index in [4.69, 9.17) is 4.74 Å². The predicted molar refractivity (Wildman–Crippen MR) is 95.7 cm³/mol. The summed E-state index contributed by atoms with van der Waals surface area (Å²) in [6.07, 6.45) is 7.11. The molecule has 1 aromatic heterocycles. The number of nitrogens with zero attached hydrogens (tertiary/aromatic N) is 2. The maximum Gasteiger partial charge on any atom is 0.228 e. The summed E-state index contributed by atoms with van der Waals surface area (Å²) < 4.78 is 5.40. The Balaban J connectivity index is 1.30. The van der Waals surface area contributed by atoms with Gasteiger partial charge in [0.25, 0.3) is 0 Å². The second-order valence-corrected chi connectivity index (χ2v) is 7.93. The standard InChI is InChI=1S/C18H25N3O2S/c22-18(20-15-3-1-13-5-10-24-16(13)11-15)14-2-4-17(19-12-14)21-6-8-23-9-7-21/h5,10,12,14-15,17H,1-4,6-9,11H2,(H,20,22). The minimum Gasteiger partial charge on any atom is -0.379 e. The number of ether oxygens (including phenoxy) is 1. The highest BCUT2D eigenvalue weighted by molar-refractivity contribution is 7.10. The minimum atomic E-state index is -0.0629. The molecule has 4 rings (SSSR count). The Hall–Kier alpha value is -1.24. The zero-order chi connectivity index (χ0) is 16.4. The number of aliphatic imine (C=N–C) groups is 1. The number of fused-ring (bicyclic) bond motifs is 1. The van der Waals surface area contributed by atoms with Crippen LogP contribution in [0.15, 0.2) is 16.4 Å². The molecular formula is C18H25N3O2S. The molecule has 0 bridgehead atoms. The van der Waals surface area contributed by atoms with Crippen molar-refractivity contribution in [1.29, 1.82) is 0 Å². The molecule has 0 radical (unpaired) electrons. The van der Waals surface area contributed by atoms with Crippen LogP contribution in [0, 0.1) is 5.92 Å². The summed E-state index contributed by atoms with van der Waals surface area (Å²) in [4.78, 5) is 21.0. The van der Waals surface area contributed by atoms with Gasteiger partial charge in [-0.1, -0.05) is 0 Å². The average Bonchev–Trinajstić information content (AvgIpc) is 3.10. The monoisotopic (exact) mass is 347 g/mol. The molecule has 130 valence electrons. The first-order chi connectivity index (χ1) is 11.8. The molecule has 3 atom stereocenters. The van der Waals surface area contributed by atoms with Gasteiger partial charge in [-0.15, -0.1) is 11.3 Å². The van der Waals surface area contributed by atoms with Crippen LogP contribution in [-0.2, 0) is 22.4 Å². The number of amides is 1. The van der Waals surface area contributed by atoms with Gasteiger partial charge in [0, 0.05) is 36.6 Å². The van der Waals surface area contributed by atoms with Gasteiger partial charge in [-0.2, -0.15) is 0 Å². The maximum atomic E-state index is 12.6. The number of hydrogen-bond donors (Lipinski definition) is 1. The fourth-order valence-corrected chi connectivity index (χ4v) is 4.90. The second-order valence-electron chi connectivity index (χ2n) is 6.93. The Morgan fingerprint density at radius 1 is 1.29 bits per heavy atom. The molecule has 1 fully saturated rings. The van der Waals surface area contributed by atoms with Gasteiger partial charge >= 0.3 is 0 Å². The molecule has 1 amide bonds. The number of carbonyl (C=O) groups excluding carboxylic acids is 1. The van der Waals surface area contributed by atoms with Crippen molar-refractivity contribution in [3.63, 3.8) is 0 Å². The van der Waals surface area contributed by atoms with Crippen molar-refractivity contribution in [2.24, 2.45) is 10.9 Å². The van der Waals surface area contributed by atoms with Crippen molar-refractivity contribution < 1.29 is 9.53 Å². The third-order valence-electron chi connectivity index (χ3n) is 5.36. The number of carbonyl (C=O) groups is 1. The number of nitrogens with one attached hydrogen (secondary N) is 1. The van der Waals surface area contributed by atoms with Crippen molar-refractivity contribution in [1.82, 2.24) is 10.2 Å². The molecule has 0 spiro atoms. The lowest BCUT2D eigenvalue weighted by Crippen LogP contribution is -2.46. The molecule has 3 aliphatic rings. The van der Waals surface area contributed by atoms with E-state index in [0.29, 0.717) is 0 Å². The summed E-state index contributed by atoms with van der Waals surface area (Å²) in [6.45, 7) is 3.48. The van der Waals surface area contributed by atoms with Crippen LogP contribution >= 0.6 is 11.3 Å². The van der Waals surface area contributed by atoms with E-state index in [-0.39, 0.29) is 24.0 Å².